The highest BCUT2D eigenvalue weighted by atomic mass is 16.5. The first-order valence-corrected chi connectivity index (χ1v) is 4.25. The third-order valence-electron chi connectivity index (χ3n) is 2.01. The van der Waals surface area contributed by atoms with Crippen LogP contribution >= 0.6 is 0 Å². The second-order valence-electron chi connectivity index (χ2n) is 2.88. The number of rotatable bonds is 4. The number of carbonyl (C=O) groups is 1. The molecule has 0 aliphatic rings. The first-order chi connectivity index (χ1) is 6.74. The molecule has 1 rings (SSSR count). The summed E-state index contributed by atoms with van der Waals surface area (Å²) in [7, 11) is 3.08. The van der Waals surface area contributed by atoms with Crippen LogP contribution in [0.15, 0.2) is 12.4 Å². The molecular weight excluding hydrogens is 182 g/mol. The molecule has 0 saturated heterocycles. The van der Waals surface area contributed by atoms with Crippen molar-refractivity contribution in [3.8, 4) is 11.5 Å². The van der Waals surface area contributed by atoms with E-state index in [2.05, 4.69) is 4.98 Å². The van der Waals surface area contributed by atoms with Gasteiger partial charge in [-0.1, -0.05) is 6.92 Å². The maximum absolute atomic E-state index is 10.7. The monoisotopic (exact) mass is 195 g/mol. The molecule has 0 radical (unpaired) electrons. The van der Waals surface area contributed by atoms with Gasteiger partial charge in [-0.05, 0) is 0 Å². The van der Waals surface area contributed by atoms with Gasteiger partial charge in [0.25, 0.3) is 0 Å². The van der Waals surface area contributed by atoms with E-state index in [1.54, 1.807) is 19.3 Å². The van der Waals surface area contributed by atoms with Gasteiger partial charge in [-0.3, -0.25) is 4.98 Å². The van der Waals surface area contributed by atoms with Gasteiger partial charge in [0.2, 0.25) is 0 Å². The zero-order valence-electron chi connectivity index (χ0n) is 8.48. The van der Waals surface area contributed by atoms with Crippen molar-refractivity contribution in [1.82, 2.24) is 4.98 Å². The van der Waals surface area contributed by atoms with Crippen LogP contribution in [0.3, 0.4) is 0 Å². The number of carbonyl (C=O) groups excluding carboxylic acids is 1. The van der Waals surface area contributed by atoms with E-state index in [4.69, 9.17) is 9.47 Å². The van der Waals surface area contributed by atoms with Crippen LogP contribution in [0.1, 0.15) is 18.4 Å². The molecule has 76 valence electrons. The summed E-state index contributed by atoms with van der Waals surface area (Å²) in [4.78, 5) is 14.6. The maximum atomic E-state index is 10.7. The molecule has 0 aromatic carbocycles. The van der Waals surface area contributed by atoms with Gasteiger partial charge in [0.15, 0.2) is 0 Å². The maximum Gasteiger partial charge on any atom is 0.144 e. The highest BCUT2D eigenvalue weighted by molar-refractivity contribution is 5.66. The number of hydrogen-bond donors (Lipinski definition) is 0. The number of nitrogens with zero attached hydrogens (tertiary/aromatic N) is 1. The molecular formula is C10H13NO3. The Balaban J connectivity index is 3.25. The normalized spacial score (nSPS) is 11.9. The molecule has 4 heteroatoms. The Bertz CT molecular complexity index is 303. The quantitative estimate of drug-likeness (QED) is 0.681. The number of pyridine rings is 1. The molecule has 0 N–H and O–H groups in total. The van der Waals surface area contributed by atoms with Crippen LogP contribution in [0.4, 0.5) is 0 Å². The van der Waals surface area contributed by atoms with Crippen molar-refractivity contribution < 1.29 is 14.3 Å². The van der Waals surface area contributed by atoms with Crippen molar-refractivity contribution in [2.75, 3.05) is 14.2 Å². The SMILES string of the molecule is COc1cncc(OC)c1C(C)C=O. The van der Waals surface area contributed by atoms with Gasteiger partial charge in [-0.25, -0.2) is 0 Å². The fraction of sp³-hybridized carbons (Fsp3) is 0.400. The zero-order valence-corrected chi connectivity index (χ0v) is 8.48. The van der Waals surface area contributed by atoms with E-state index in [0.717, 1.165) is 11.8 Å². The summed E-state index contributed by atoms with van der Waals surface area (Å²) in [5.41, 5.74) is 0.736. The van der Waals surface area contributed by atoms with Crippen molar-refractivity contribution in [3.05, 3.63) is 18.0 Å². The van der Waals surface area contributed by atoms with Crippen LogP contribution in [0, 0.1) is 0 Å². The molecule has 1 unspecified atom stereocenters. The van der Waals surface area contributed by atoms with Crippen LogP contribution in [0.25, 0.3) is 0 Å². The molecule has 0 amide bonds. The summed E-state index contributed by atoms with van der Waals surface area (Å²) in [5, 5.41) is 0. The fourth-order valence-electron chi connectivity index (χ4n) is 1.28. The summed E-state index contributed by atoms with van der Waals surface area (Å²) < 4.78 is 10.2. The Morgan fingerprint density at radius 1 is 1.29 bits per heavy atom. The molecule has 0 fully saturated rings. The number of ether oxygens (including phenoxy) is 2. The van der Waals surface area contributed by atoms with E-state index >= 15 is 0 Å². The number of hydrogen-bond acceptors (Lipinski definition) is 4. The van der Waals surface area contributed by atoms with Crippen molar-refractivity contribution in [3.63, 3.8) is 0 Å². The number of aldehydes is 1. The molecule has 14 heavy (non-hydrogen) atoms. The minimum atomic E-state index is -0.261. The summed E-state index contributed by atoms with van der Waals surface area (Å²) >= 11 is 0. The van der Waals surface area contributed by atoms with Crippen molar-refractivity contribution in [1.29, 1.82) is 0 Å². The van der Waals surface area contributed by atoms with Gasteiger partial charge in [-0.2, -0.15) is 0 Å². The topological polar surface area (TPSA) is 48.4 Å². The van der Waals surface area contributed by atoms with Crippen molar-refractivity contribution in [2.45, 2.75) is 12.8 Å². The molecule has 4 nitrogen and oxygen atoms in total. The zero-order chi connectivity index (χ0) is 10.6. The van der Waals surface area contributed by atoms with E-state index in [0.29, 0.717) is 11.5 Å². The average Bonchev–Trinajstić information content (AvgIpc) is 2.26. The highest BCUT2D eigenvalue weighted by Gasteiger charge is 2.16. The van der Waals surface area contributed by atoms with Crippen LogP contribution in [0.2, 0.25) is 0 Å². The molecule has 0 aliphatic heterocycles. The lowest BCUT2D eigenvalue weighted by molar-refractivity contribution is -0.108. The van der Waals surface area contributed by atoms with Gasteiger partial charge >= 0.3 is 0 Å². The van der Waals surface area contributed by atoms with Crippen molar-refractivity contribution >= 4 is 6.29 Å². The van der Waals surface area contributed by atoms with Gasteiger partial charge in [0.1, 0.15) is 17.8 Å². The van der Waals surface area contributed by atoms with E-state index < -0.39 is 0 Å². The molecule has 1 aromatic heterocycles. The second kappa shape index (κ2) is 4.60. The highest BCUT2D eigenvalue weighted by Crippen LogP contribution is 2.32. The fourth-order valence-corrected chi connectivity index (χ4v) is 1.28. The van der Waals surface area contributed by atoms with Crippen LogP contribution < -0.4 is 9.47 Å². The Morgan fingerprint density at radius 2 is 1.79 bits per heavy atom. The van der Waals surface area contributed by atoms with E-state index in [1.165, 1.54) is 14.2 Å². The van der Waals surface area contributed by atoms with Crippen LogP contribution in [-0.2, 0) is 4.79 Å². The standard InChI is InChI=1S/C10H13NO3/c1-7(6-12)10-8(13-2)4-11-5-9(10)14-3/h4-7H,1-3H3. The third kappa shape index (κ3) is 1.84. The van der Waals surface area contributed by atoms with Crippen LogP contribution in [0.5, 0.6) is 11.5 Å². The molecule has 0 spiro atoms. The molecule has 0 bridgehead atoms. The van der Waals surface area contributed by atoms with E-state index in [9.17, 15) is 4.79 Å². The first-order valence-electron chi connectivity index (χ1n) is 4.25. The second-order valence-corrected chi connectivity index (χ2v) is 2.88. The molecule has 0 saturated carbocycles. The summed E-state index contributed by atoms with van der Waals surface area (Å²) in [6.07, 6.45) is 3.98. The first kappa shape index (κ1) is 10.5. The van der Waals surface area contributed by atoms with Gasteiger partial charge in [0.05, 0.1) is 26.6 Å². The Hall–Kier alpha value is -1.58. The third-order valence-corrected chi connectivity index (χ3v) is 2.01. The molecule has 1 aromatic rings. The minimum absolute atomic E-state index is 0.261. The molecule has 1 atom stereocenters. The predicted octanol–water partition coefficient (Wildman–Crippen LogP) is 1.40. The smallest absolute Gasteiger partial charge is 0.144 e. The summed E-state index contributed by atoms with van der Waals surface area (Å²) in [5.74, 6) is 0.885. The number of methoxy groups -OCH3 is 2. The summed E-state index contributed by atoms with van der Waals surface area (Å²) in [6.45, 7) is 1.79. The average molecular weight is 195 g/mol. The predicted molar refractivity (Wildman–Crippen MR) is 51.8 cm³/mol. The van der Waals surface area contributed by atoms with Gasteiger partial charge in [-0.15, -0.1) is 0 Å². The van der Waals surface area contributed by atoms with Crippen molar-refractivity contribution in [2.24, 2.45) is 0 Å². The molecule has 0 aliphatic carbocycles. The lowest BCUT2D eigenvalue weighted by atomic mass is 10.0. The van der Waals surface area contributed by atoms with Gasteiger partial charge < -0.3 is 14.3 Å². The largest absolute Gasteiger partial charge is 0.495 e. The van der Waals surface area contributed by atoms with E-state index in [-0.39, 0.29) is 5.92 Å². The summed E-state index contributed by atoms with van der Waals surface area (Å²) in [6, 6.07) is 0. The number of aromatic nitrogens is 1. The lowest BCUT2D eigenvalue weighted by Gasteiger charge is -2.13. The van der Waals surface area contributed by atoms with Gasteiger partial charge in [0, 0.05) is 11.5 Å². The Kier molecular flexibility index (Phi) is 3.45. The Labute approximate surface area is 82.9 Å². The van der Waals surface area contributed by atoms with Crippen LogP contribution in [-0.4, -0.2) is 25.5 Å². The molecule has 1 heterocycles. The Morgan fingerprint density at radius 3 is 2.14 bits per heavy atom. The minimum Gasteiger partial charge on any atom is -0.495 e. The van der Waals surface area contributed by atoms with E-state index in [1.807, 2.05) is 0 Å². The lowest BCUT2D eigenvalue weighted by Crippen LogP contribution is -2.02.